The number of hydrogen-bond donors (Lipinski definition) is 1. The number of anilines is 1. The Balaban J connectivity index is 2.41. The molecule has 0 aliphatic rings. The van der Waals surface area contributed by atoms with Crippen molar-refractivity contribution in [1.29, 1.82) is 0 Å². The summed E-state index contributed by atoms with van der Waals surface area (Å²) >= 11 is 1.58. The van der Waals surface area contributed by atoms with E-state index in [1.54, 1.807) is 24.5 Å². The Morgan fingerprint density at radius 3 is 2.77 bits per heavy atom. The van der Waals surface area contributed by atoms with Gasteiger partial charge in [-0.25, -0.2) is 4.98 Å². The summed E-state index contributed by atoms with van der Waals surface area (Å²) in [6.45, 7) is 7.80. The maximum Gasteiger partial charge on any atom is 0.317 e. The molecule has 0 spiro atoms. The van der Waals surface area contributed by atoms with Gasteiger partial charge in [-0.15, -0.1) is 0 Å². The number of nitrogens with one attached hydrogen (secondary N) is 1. The molecule has 0 aliphatic carbocycles. The SMILES string of the molecule is CCOC(=O)C(C)(C)c1cc(-c2sc(NC)nc2C)ccn1. The molecule has 2 rings (SSSR count). The third-order valence-corrected chi connectivity index (χ3v) is 4.68. The fraction of sp³-hybridized carbons (Fsp3) is 0.438. The number of aromatic nitrogens is 2. The van der Waals surface area contributed by atoms with Gasteiger partial charge in [0.1, 0.15) is 5.41 Å². The highest BCUT2D eigenvalue weighted by Gasteiger charge is 2.33. The van der Waals surface area contributed by atoms with Crippen molar-refractivity contribution in [3.05, 3.63) is 29.7 Å². The minimum atomic E-state index is -0.781. The zero-order valence-corrected chi connectivity index (χ0v) is 14.4. The first-order valence-corrected chi connectivity index (χ1v) is 8.01. The average Bonchev–Trinajstić information content (AvgIpc) is 2.89. The molecule has 2 aromatic rings. The van der Waals surface area contributed by atoms with Crippen molar-refractivity contribution < 1.29 is 9.53 Å². The van der Waals surface area contributed by atoms with Gasteiger partial charge in [0.05, 0.1) is 22.9 Å². The summed E-state index contributed by atoms with van der Waals surface area (Å²) in [6.07, 6.45) is 1.73. The third-order valence-electron chi connectivity index (χ3n) is 3.46. The fourth-order valence-corrected chi connectivity index (χ4v) is 3.02. The van der Waals surface area contributed by atoms with Crippen molar-refractivity contribution >= 4 is 22.4 Å². The van der Waals surface area contributed by atoms with Gasteiger partial charge in [-0.05, 0) is 45.4 Å². The molecule has 0 bridgehead atoms. The summed E-state index contributed by atoms with van der Waals surface area (Å²) in [6, 6.07) is 3.88. The summed E-state index contributed by atoms with van der Waals surface area (Å²) in [5, 5.41) is 3.93. The topological polar surface area (TPSA) is 64.1 Å². The van der Waals surface area contributed by atoms with Gasteiger partial charge in [0.15, 0.2) is 5.13 Å². The van der Waals surface area contributed by atoms with Crippen molar-refractivity contribution in [2.75, 3.05) is 19.0 Å². The summed E-state index contributed by atoms with van der Waals surface area (Å²) in [5.74, 6) is -0.267. The molecular formula is C16H21N3O2S. The van der Waals surface area contributed by atoms with Crippen molar-refractivity contribution in [2.24, 2.45) is 0 Å². The zero-order valence-electron chi connectivity index (χ0n) is 13.6. The maximum atomic E-state index is 12.1. The van der Waals surface area contributed by atoms with Crippen molar-refractivity contribution in [1.82, 2.24) is 9.97 Å². The number of rotatable bonds is 5. The number of ether oxygens (including phenoxy) is 1. The molecule has 0 aliphatic heterocycles. The first-order chi connectivity index (χ1) is 10.4. The minimum absolute atomic E-state index is 0.267. The molecule has 1 N–H and O–H groups in total. The van der Waals surface area contributed by atoms with Crippen LogP contribution in [-0.4, -0.2) is 29.6 Å². The molecule has 0 amide bonds. The van der Waals surface area contributed by atoms with Crippen LogP contribution in [-0.2, 0) is 14.9 Å². The van der Waals surface area contributed by atoms with E-state index in [4.69, 9.17) is 4.74 Å². The molecule has 6 heteroatoms. The van der Waals surface area contributed by atoms with E-state index in [0.29, 0.717) is 12.3 Å². The molecule has 5 nitrogen and oxygen atoms in total. The van der Waals surface area contributed by atoms with E-state index in [9.17, 15) is 4.79 Å². The number of thiazole rings is 1. The molecule has 2 heterocycles. The summed E-state index contributed by atoms with van der Waals surface area (Å²) < 4.78 is 5.15. The average molecular weight is 319 g/mol. The quantitative estimate of drug-likeness (QED) is 0.856. The predicted octanol–water partition coefficient (Wildman–Crippen LogP) is 3.40. The third kappa shape index (κ3) is 3.11. The standard InChI is InChI=1S/C16H21N3O2S/c1-6-21-14(20)16(3,4)12-9-11(7-8-18-12)13-10(2)19-15(17-5)22-13/h7-9H,6H2,1-5H3,(H,17,19). The molecule has 118 valence electrons. The molecule has 0 saturated heterocycles. The zero-order chi connectivity index (χ0) is 16.3. The minimum Gasteiger partial charge on any atom is -0.465 e. The highest BCUT2D eigenvalue weighted by Crippen LogP contribution is 2.34. The summed E-state index contributed by atoms with van der Waals surface area (Å²) in [4.78, 5) is 22.0. The van der Waals surface area contributed by atoms with Crippen LogP contribution >= 0.6 is 11.3 Å². The molecule has 22 heavy (non-hydrogen) atoms. The van der Waals surface area contributed by atoms with E-state index < -0.39 is 5.41 Å². The highest BCUT2D eigenvalue weighted by atomic mass is 32.1. The van der Waals surface area contributed by atoms with Crippen LogP contribution in [0.5, 0.6) is 0 Å². The van der Waals surface area contributed by atoms with Crippen LogP contribution in [0.4, 0.5) is 5.13 Å². The Morgan fingerprint density at radius 2 is 2.18 bits per heavy atom. The molecule has 0 saturated carbocycles. The van der Waals surface area contributed by atoms with Crippen molar-refractivity contribution in [3.8, 4) is 10.4 Å². The largest absolute Gasteiger partial charge is 0.465 e. The fourth-order valence-electron chi connectivity index (χ4n) is 2.10. The molecule has 0 aromatic carbocycles. The van der Waals surface area contributed by atoms with Crippen molar-refractivity contribution in [2.45, 2.75) is 33.1 Å². The second-order valence-corrected chi connectivity index (χ2v) is 6.46. The number of pyridine rings is 1. The first-order valence-electron chi connectivity index (χ1n) is 7.19. The van der Waals surface area contributed by atoms with Gasteiger partial charge < -0.3 is 10.1 Å². The predicted molar refractivity (Wildman–Crippen MR) is 89.3 cm³/mol. The molecular weight excluding hydrogens is 298 g/mol. The van der Waals surface area contributed by atoms with Crippen LogP contribution < -0.4 is 5.32 Å². The van der Waals surface area contributed by atoms with Gasteiger partial charge >= 0.3 is 5.97 Å². The smallest absolute Gasteiger partial charge is 0.317 e. The molecule has 0 radical (unpaired) electrons. The van der Waals surface area contributed by atoms with E-state index in [0.717, 1.165) is 21.3 Å². The molecule has 2 aromatic heterocycles. The molecule has 0 atom stereocenters. The van der Waals surface area contributed by atoms with Gasteiger partial charge in [-0.1, -0.05) is 11.3 Å². The lowest BCUT2D eigenvalue weighted by Crippen LogP contribution is -2.32. The lowest BCUT2D eigenvalue weighted by Gasteiger charge is -2.22. The van der Waals surface area contributed by atoms with E-state index in [1.165, 1.54) is 0 Å². The first kappa shape index (κ1) is 16.4. The lowest BCUT2D eigenvalue weighted by molar-refractivity contribution is -0.148. The Kier molecular flexibility index (Phi) is 4.81. The number of hydrogen-bond acceptors (Lipinski definition) is 6. The summed E-state index contributed by atoms with van der Waals surface area (Å²) in [7, 11) is 1.85. The van der Waals surface area contributed by atoms with E-state index in [2.05, 4.69) is 15.3 Å². The van der Waals surface area contributed by atoms with Crippen LogP contribution in [0.15, 0.2) is 18.3 Å². The summed E-state index contributed by atoms with van der Waals surface area (Å²) in [5.41, 5.74) is 1.89. The maximum absolute atomic E-state index is 12.1. The normalized spacial score (nSPS) is 11.3. The van der Waals surface area contributed by atoms with Crippen LogP contribution in [0.3, 0.4) is 0 Å². The Bertz CT molecular complexity index is 680. The Labute approximate surface area is 134 Å². The van der Waals surface area contributed by atoms with Crippen LogP contribution in [0.1, 0.15) is 32.2 Å². The van der Waals surface area contributed by atoms with Crippen LogP contribution in [0.2, 0.25) is 0 Å². The molecule has 0 fully saturated rings. The van der Waals surface area contributed by atoms with Gasteiger partial charge in [0.25, 0.3) is 0 Å². The van der Waals surface area contributed by atoms with Crippen LogP contribution in [0, 0.1) is 6.92 Å². The second-order valence-electron chi connectivity index (χ2n) is 5.46. The van der Waals surface area contributed by atoms with E-state index >= 15 is 0 Å². The number of esters is 1. The van der Waals surface area contributed by atoms with Gasteiger partial charge in [-0.3, -0.25) is 9.78 Å². The number of carbonyl (C=O) groups is 1. The van der Waals surface area contributed by atoms with Crippen molar-refractivity contribution in [3.63, 3.8) is 0 Å². The Hall–Kier alpha value is -1.95. The monoisotopic (exact) mass is 319 g/mol. The molecule has 0 unspecified atom stereocenters. The second kappa shape index (κ2) is 6.44. The highest BCUT2D eigenvalue weighted by molar-refractivity contribution is 7.19. The lowest BCUT2D eigenvalue weighted by atomic mass is 9.88. The van der Waals surface area contributed by atoms with Gasteiger partial charge in [0, 0.05) is 13.2 Å². The van der Waals surface area contributed by atoms with Crippen LogP contribution in [0.25, 0.3) is 10.4 Å². The number of nitrogens with zero attached hydrogens (tertiary/aromatic N) is 2. The van der Waals surface area contributed by atoms with E-state index in [-0.39, 0.29) is 5.97 Å². The number of aryl methyl sites for hydroxylation is 1. The van der Waals surface area contributed by atoms with Gasteiger partial charge in [-0.2, -0.15) is 0 Å². The Morgan fingerprint density at radius 1 is 1.45 bits per heavy atom. The van der Waals surface area contributed by atoms with E-state index in [1.807, 2.05) is 40.0 Å². The van der Waals surface area contributed by atoms with Gasteiger partial charge in [0.2, 0.25) is 0 Å². The number of carbonyl (C=O) groups excluding carboxylic acids is 1.